The first-order chi connectivity index (χ1) is 13.6. The van der Waals surface area contributed by atoms with Gasteiger partial charge in [-0.3, -0.25) is 9.89 Å². The molecule has 4 rings (SSSR count). The zero-order valence-electron chi connectivity index (χ0n) is 15.0. The van der Waals surface area contributed by atoms with Gasteiger partial charge in [0.05, 0.1) is 11.9 Å². The summed E-state index contributed by atoms with van der Waals surface area (Å²) >= 11 is 0. The van der Waals surface area contributed by atoms with Gasteiger partial charge >= 0.3 is 0 Å². The van der Waals surface area contributed by atoms with Crippen LogP contribution in [-0.2, 0) is 11.2 Å². The Kier molecular flexibility index (Phi) is 4.67. The lowest BCUT2D eigenvalue weighted by Gasteiger charge is -2.06. The maximum atomic E-state index is 13.2. The number of nitrogens with zero attached hydrogens (tertiary/aromatic N) is 3. The second-order valence-electron chi connectivity index (χ2n) is 6.38. The van der Waals surface area contributed by atoms with Crippen molar-refractivity contribution in [1.29, 1.82) is 0 Å². The monoisotopic (exact) mass is 376 g/mol. The quantitative estimate of drug-likeness (QED) is 0.493. The first kappa shape index (κ1) is 17.6. The van der Waals surface area contributed by atoms with E-state index in [9.17, 15) is 9.18 Å². The lowest BCUT2D eigenvalue weighted by atomic mass is 10.1. The van der Waals surface area contributed by atoms with Crippen LogP contribution in [0.3, 0.4) is 0 Å². The Morgan fingerprint density at radius 1 is 1.14 bits per heavy atom. The van der Waals surface area contributed by atoms with Crippen LogP contribution in [0.25, 0.3) is 10.9 Å². The van der Waals surface area contributed by atoms with Gasteiger partial charge in [0, 0.05) is 22.8 Å². The van der Waals surface area contributed by atoms with Gasteiger partial charge in [0.15, 0.2) is 5.82 Å². The number of carbonyl (C=O) groups is 1. The predicted octanol–water partition coefficient (Wildman–Crippen LogP) is 3.73. The number of H-pyrrole nitrogens is 1. The SMILES string of the molecule is Cc1ccc2c(Nc3cc(CC(=O)Nc4cccc(F)c4)[nH]n3)ncnc2c1. The number of fused-ring (bicyclic) bond motifs is 1. The molecule has 0 unspecified atom stereocenters. The third-order valence-corrected chi connectivity index (χ3v) is 4.13. The van der Waals surface area contributed by atoms with Crippen molar-refractivity contribution in [2.45, 2.75) is 13.3 Å². The molecule has 4 aromatic rings. The van der Waals surface area contributed by atoms with Gasteiger partial charge in [0.2, 0.25) is 5.91 Å². The van der Waals surface area contributed by atoms with Crippen molar-refractivity contribution in [1.82, 2.24) is 20.2 Å². The number of carbonyl (C=O) groups excluding carboxylic acids is 1. The molecule has 0 radical (unpaired) electrons. The molecule has 2 aromatic carbocycles. The van der Waals surface area contributed by atoms with Crippen LogP contribution < -0.4 is 10.6 Å². The Balaban J connectivity index is 1.45. The minimum Gasteiger partial charge on any atom is -0.326 e. The highest BCUT2D eigenvalue weighted by Crippen LogP contribution is 2.23. The van der Waals surface area contributed by atoms with Crippen molar-refractivity contribution in [3.63, 3.8) is 0 Å². The van der Waals surface area contributed by atoms with Gasteiger partial charge in [0.1, 0.15) is 18.0 Å². The predicted molar refractivity (Wildman–Crippen MR) is 105 cm³/mol. The summed E-state index contributed by atoms with van der Waals surface area (Å²) in [6, 6.07) is 13.4. The summed E-state index contributed by atoms with van der Waals surface area (Å²) in [5, 5.41) is 13.7. The third kappa shape index (κ3) is 3.96. The fourth-order valence-corrected chi connectivity index (χ4v) is 2.85. The van der Waals surface area contributed by atoms with E-state index < -0.39 is 5.82 Å². The molecule has 0 spiro atoms. The molecule has 2 heterocycles. The Hall–Kier alpha value is -3.81. The minimum atomic E-state index is -0.405. The van der Waals surface area contributed by atoms with Gasteiger partial charge in [-0.05, 0) is 42.8 Å². The van der Waals surface area contributed by atoms with Gasteiger partial charge in [0.25, 0.3) is 0 Å². The van der Waals surface area contributed by atoms with Crippen LogP contribution in [0, 0.1) is 12.7 Å². The van der Waals surface area contributed by atoms with Crippen LogP contribution in [0.4, 0.5) is 21.7 Å². The number of hydrogen-bond acceptors (Lipinski definition) is 5. The van der Waals surface area contributed by atoms with E-state index >= 15 is 0 Å². The normalized spacial score (nSPS) is 10.8. The second-order valence-corrected chi connectivity index (χ2v) is 6.38. The average molecular weight is 376 g/mol. The molecule has 8 heteroatoms. The second kappa shape index (κ2) is 7.43. The van der Waals surface area contributed by atoms with E-state index in [4.69, 9.17) is 0 Å². The van der Waals surface area contributed by atoms with Crippen molar-refractivity contribution in [2.24, 2.45) is 0 Å². The molecule has 3 N–H and O–H groups in total. The smallest absolute Gasteiger partial charge is 0.230 e. The molecule has 0 saturated heterocycles. The maximum absolute atomic E-state index is 13.2. The molecule has 0 saturated carbocycles. The van der Waals surface area contributed by atoms with Crippen LogP contribution >= 0.6 is 0 Å². The van der Waals surface area contributed by atoms with Crippen molar-refractivity contribution in [3.05, 3.63) is 71.9 Å². The van der Waals surface area contributed by atoms with E-state index in [2.05, 4.69) is 30.8 Å². The molecule has 0 aliphatic carbocycles. The van der Waals surface area contributed by atoms with Crippen LogP contribution in [-0.4, -0.2) is 26.1 Å². The average Bonchev–Trinajstić information content (AvgIpc) is 3.08. The first-order valence-corrected chi connectivity index (χ1v) is 8.65. The topological polar surface area (TPSA) is 95.6 Å². The van der Waals surface area contributed by atoms with E-state index in [0.29, 0.717) is 23.0 Å². The zero-order chi connectivity index (χ0) is 19.5. The van der Waals surface area contributed by atoms with Crippen molar-refractivity contribution >= 4 is 34.1 Å². The number of nitrogens with one attached hydrogen (secondary N) is 3. The summed E-state index contributed by atoms with van der Waals surface area (Å²) < 4.78 is 13.2. The fourth-order valence-electron chi connectivity index (χ4n) is 2.85. The molecular weight excluding hydrogens is 359 g/mol. The van der Waals surface area contributed by atoms with Gasteiger partial charge in [-0.15, -0.1) is 0 Å². The highest BCUT2D eigenvalue weighted by Gasteiger charge is 2.10. The molecular formula is C20H17FN6O. The van der Waals surface area contributed by atoms with E-state index in [1.54, 1.807) is 12.1 Å². The first-order valence-electron chi connectivity index (χ1n) is 8.65. The summed E-state index contributed by atoms with van der Waals surface area (Å²) in [7, 11) is 0. The minimum absolute atomic E-state index is 0.0783. The number of rotatable bonds is 5. The number of amides is 1. The van der Waals surface area contributed by atoms with E-state index in [1.807, 2.05) is 25.1 Å². The van der Waals surface area contributed by atoms with E-state index in [-0.39, 0.29) is 12.3 Å². The van der Waals surface area contributed by atoms with Crippen molar-refractivity contribution in [2.75, 3.05) is 10.6 Å². The molecule has 0 bridgehead atoms. The lowest BCUT2D eigenvalue weighted by Crippen LogP contribution is -2.14. The number of anilines is 3. The number of benzene rings is 2. The number of aromatic nitrogens is 4. The van der Waals surface area contributed by atoms with Crippen molar-refractivity contribution < 1.29 is 9.18 Å². The molecule has 1 amide bonds. The summed E-state index contributed by atoms with van der Waals surface area (Å²) in [6.45, 7) is 2.00. The van der Waals surface area contributed by atoms with Gasteiger partial charge in [-0.1, -0.05) is 12.1 Å². The Morgan fingerprint density at radius 2 is 2.04 bits per heavy atom. The Labute approximate surface area is 160 Å². The van der Waals surface area contributed by atoms with Crippen LogP contribution in [0.1, 0.15) is 11.3 Å². The number of hydrogen-bond donors (Lipinski definition) is 3. The lowest BCUT2D eigenvalue weighted by molar-refractivity contribution is -0.115. The number of aryl methyl sites for hydroxylation is 1. The van der Waals surface area contributed by atoms with Crippen LogP contribution in [0.15, 0.2) is 54.9 Å². The zero-order valence-corrected chi connectivity index (χ0v) is 15.0. The van der Waals surface area contributed by atoms with Crippen LogP contribution in [0.5, 0.6) is 0 Å². The number of halogens is 1. The Bertz CT molecular complexity index is 1160. The standard InChI is InChI=1S/C20H17FN6O/c1-12-5-6-16-17(7-12)22-11-23-20(16)25-18-9-15(26-27-18)10-19(28)24-14-4-2-3-13(21)8-14/h2-9,11H,10H2,1H3,(H,24,28)(H2,22,23,25,26,27). The molecule has 0 aliphatic rings. The van der Waals surface area contributed by atoms with E-state index in [1.165, 1.54) is 24.5 Å². The Morgan fingerprint density at radius 3 is 2.89 bits per heavy atom. The number of aromatic amines is 1. The molecule has 28 heavy (non-hydrogen) atoms. The highest BCUT2D eigenvalue weighted by atomic mass is 19.1. The largest absolute Gasteiger partial charge is 0.326 e. The highest BCUT2D eigenvalue weighted by molar-refractivity contribution is 5.92. The van der Waals surface area contributed by atoms with Gasteiger partial charge in [-0.2, -0.15) is 5.10 Å². The molecule has 0 aliphatic heterocycles. The molecule has 2 aromatic heterocycles. The third-order valence-electron chi connectivity index (χ3n) is 4.13. The molecule has 140 valence electrons. The van der Waals surface area contributed by atoms with Gasteiger partial charge < -0.3 is 10.6 Å². The summed E-state index contributed by atoms with van der Waals surface area (Å²) in [4.78, 5) is 20.7. The maximum Gasteiger partial charge on any atom is 0.230 e. The fraction of sp³-hybridized carbons (Fsp3) is 0.100. The summed E-state index contributed by atoms with van der Waals surface area (Å²) in [5.41, 5.74) is 2.97. The van der Waals surface area contributed by atoms with Crippen molar-refractivity contribution in [3.8, 4) is 0 Å². The van der Waals surface area contributed by atoms with Gasteiger partial charge in [-0.25, -0.2) is 14.4 Å². The van der Waals surface area contributed by atoms with E-state index in [0.717, 1.165) is 16.5 Å². The molecule has 7 nitrogen and oxygen atoms in total. The summed E-state index contributed by atoms with van der Waals surface area (Å²) in [5.74, 6) is 0.489. The molecule has 0 fully saturated rings. The summed E-state index contributed by atoms with van der Waals surface area (Å²) in [6.07, 6.45) is 1.57. The van der Waals surface area contributed by atoms with Crippen LogP contribution in [0.2, 0.25) is 0 Å². The molecule has 0 atom stereocenters.